The van der Waals surface area contributed by atoms with Crippen molar-refractivity contribution in [1.82, 2.24) is 15.3 Å². The number of nitrogens with one attached hydrogen (secondary N) is 2. The van der Waals surface area contributed by atoms with Gasteiger partial charge >= 0.3 is 0 Å². The molecule has 7 nitrogen and oxygen atoms in total. The highest BCUT2D eigenvalue weighted by atomic mass is 32.2. The SMILES string of the molecule is Cc1cccc(Nc2ncc(C(=O)NC3CCS(=O)(=O)C3)cn2)c1. The zero-order valence-electron chi connectivity index (χ0n) is 13.2. The highest BCUT2D eigenvalue weighted by Crippen LogP contribution is 2.15. The first kappa shape index (κ1) is 16.4. The molecule has 1 atom stereocenters. The van der Waals surface area contributed by atoms with Crippen LogP contribution >= 0.6 is 0 Å². The molecule has 0 bridgehead atoms. The van der Waals surface area contributed by atoms with Crippen LogP contribution in [0.25, 0.3) is 0 Å². The lowest BCUT2D eigenvalue weighted by Gasteiger charge is -2.11. The molecule has 3 rings (SSSR count). The lowest BCUT2D eigenvalue weighted by Crippen LogP contribution is -2.35. The lowest BCUT2D eigenvalue weighted by atomic mass is 10.2. The number of rotatable bonds is 4. The van der Waals surface area contributed by atoms with Crippen LogP contribution in [0.3, 0.4) is 0 Å². The number of benzene rings is 1. The first-order valence-corrected chi connectivity index (χ1v) is 9.40. The number of carbonyl (C=O) groups excluding carboxylic acids is 1. The maximum Gasteiger partial charge on any atom is 0.254 e. The molecule has 1 amide bonds. The number of anilines is 2. The normalized spacial score (nSPS) is 19.0. The molecular weight excluding hydrogens is 328 g/mol. The summed E-state index contributed by atoms with van der Waals surface area (Å²) in [7, 11) is -3.02. The molecule has 0 saturated carbocycles. The van der Waals surface area contributed by atoms with Crippen LogP contribution in [-0.2, 0) is 9.84 Å². The average Bonchev–Trinajstić information content (AvgIpc) is 2.87. The summed E-state index contributed by atoms with van der Waals surface area (Å²) in [4.78, 5) is 20.4. The number of hydrogen-bond acceptors (Lipinski definition) is 6. The Morgan fingerprint density at radius 2 is 2.00 bits per heavy atom. The summed E-state index contributed by atoms with van der Waals surface area (Å²) in [5.41, 5.74) is 2.28. The van der Waals surface area contributed by atoms with Crippen LogP contribution in [0.1, 0.15) is 22.3 Å². The van der Waals surface area contributed by atoms with Crippen LogP contribution in [0.4, 0.5) is 11.6 Å². The fourth-order valence-electron chi connectivity index (χ4n) is 2.54. The van der Waals surface area contributed by atoms with E-state index < -0.39 is 9.84 Å². The van der Waals surface area contributed by atoms with Crippen LogP contribution in [0.15, 0.2) is 36.7 Å². The average molecular weight is 346 g/mol. The van der Waals surface area contributed by atoms with E-state index in [4.69, 9.17) is 0 Å². The number of carbonyl (C=O) groups is 1. The van der Waals surface area contributed by atoms with Crippen molar-refractivity contribution in [1.29, 1.82) is 0 Å². The second-order valence-electron chi connectivity index (χ2n) is 5.86. The summed E-state index contributed by atoms with van der Waals surface area (Å²) in [6.07, 6.45) is 3.29. The Bertz CT molecular complexity index is 850. The molecule has 2 N–H and O–H groups in total. The van der Waals surface area contributed by atoms with Crippen LogP contribution in [0.5, 0.6) is 0 Å². The molecule has 126 valence electrons. The Labute approximate surface area is 140 Å². The molecule has 2 aromatic rings. The molecule has 0 aliphatic carbocycles. The summed E-state index contributed by atoms with van der Waals surface area (Å²) in [5, 5.41) is 5.77. The predicted octanol–water partition coefficient (Wildman–Crippen LogP) is 1.45. The van der Waals surface area contributed by atoms with Gasteiger partial charge < -0.3 is 10.6 Å². The van der Waals surface area contributed by atoms with Crippen molar-refractivity contribution in [3.05, 3.63) is 47.8 Å². The maximum atomic E-state index is 12.1. The van der Waals surface area contributed by atoms with E-state index in [2.05, 4.69) is 20.6 Å². The van der Waals surface area contributed by atoms with Gasteiger partial charge in [0.2, 0.25) is 5.95 Å². The number of nitrogens with zero attached hydrogens (tertiary/aromatic N) is 2. The highest BCUT2D eigenvalue weighted by Gasteiger charge is 2.29. The van der Waals surface area contributed by atoms with Gasteiger partial charge in [-0.15, -0.1) is 0 Å². The Morgan fingerprint density at radius 3 is 2.62 bits per heavy atom. The quantitative estimate of drug-likeness (QED) is 0.869. The van der Waals surface area contributed by atoms with Crippen molar-refractivity contribution in [2.45, 2.75) is 19.4 Å². The van der Waals surface area contributed by atoms with Crippen molar-refractivity contribution in [2.24, 2.45) is 0 Å². The van der Waals surface area contributed by atoms with E-state index in [1.54, 1.807) is 0 Å². The zero-order chi connectivity index (χ0) is 17.2. The van der Waals surface area contributed by atoms with E-state index in [1.165, 1.54) is 12.4 Å². The van der Waals surface area contributed by atoms with Gasteiger partial charge in [0.1, 0.15) is 0 Å². The lowest BCUT2D eigenvalue weighted by molar-refractivity contribution is 0.0940. The Balaban J connectivity index is 1.62. The third-order valence-corrected chi connectivity index (χ3v) is 5.52. The molecule has 1 saturated heterocycles. The number of aryl methyl sites for hydroxylation is 1. The van der Waals surface area contributed by atoms with Crippen LogP contribution in [-0.4, -0.2) is 41.8 Å². The van der Waals surface area contributed by atoms with Gasteiger partial charge in [-0.2, -0.15) is 0 Å². The molecule has 1 fully saturated rings. The number of hydrogen-bond donors (Lipinski definition) is 2. The number of amides is 1. The van der Waals surface area contributed by atoms with E-state index >= 15 is 0 Å². The van der Waals surface area contributed by atoms with Crippen LogP contribution in [0, 0.1) is 6.92 Å². The summed E-state index contributed by atoms with van der Waals surface area (Å²) >= 11 is 0. The second-order valence-corrected chi connectivity index (χ2v) is 8.09. The molecule has 24 heavy (non-hydrogen) atoms. The smallest absolute Gasteiger partial charge is 0.254 e. The van der Waals surface area contributed by atoms with Crippen molar-refractivity contribution in [3.63, 3.8) is 0 Å². The largest absolute Gasteiger partial charge is 0.348 e. The Morgan fingerprint density at radius 1 is 1.25 bits per heavy atom. The monoisotopic (exact) mass is 346 g/mol. The topological polar surface area (TPSA) is 101 Å². The second kappa shape index (κ2) is 6.56. The Kier molecular flexibility index (Phi) is 4.48. The van der Waals surface area contributed by atoms with Gasteiger partial charge in [0, 0.05) is 24.1 Å². The molecule has 1 aliphatic heterocycles. The molecule has 0 spiro atoms. The van der Waals surface area contributed by atoms with E-state index in [-0.39, 0.29) is 23.5 Å². The van der Waals surface area contributed by atoms with Crippen molar-refractivity contribution < 1.29 is 13.2 Å². The third kappa shape index (κ3) is 4.08. The molecular formula is C16H18N4O3S. The first-order valence-electron chi connectivity index (χ1n) is 7.58. The van der Waals surface area contributed by atoms with Crippen LogP contribution in [0.2, 0.25) is 0 Å². The van der Waals surface area contributed by atoms with Crippen LogP contribution < -0.4 is 10.6 Å². The minimum Gasteiger partial charge on any atom is -0.348 e. The van der Waals surface area contributed by atoms with Crippen molar-refractivity contribution >= 4 is 27.4 Å². The van der Waals surface area contributed by atoms with Gasteiger partial charge in [-0.3, -0.25) is 4.79 Å². The van der Waals surface area contributed by atoms with Gasteiger partial charge in [-0.1, -0.05) is 12.1 Å². The van der Waals surface area contributed by atoms with Gasteiger partial charge in [-0.05, 0) is 31.0 Å². The molecule has 1 aliphatic rings. The van der Waals surface area contributed by atoms with E-state index in [0.29, 0.717) is 17.9 Å². The Hall–Kier alpha value is -2.48. The van der Waals surface area contributed by atoms with Crippen molar-refractivity contribution in [2.75, 3.05) is 16.8 Å². The fourth-order valence-corrected chi connectivity index (χ4v) is 4.21. The fraction of sp³-hybridized carbons (Fsp3) is 0.312. The third-order valence-electron chi connectivity index (χ3n) is 3.76. The van der Waals surface area contributed by atoms with Gasteiger partial charge in [-0.25, -0.2) is 18.4 Å². The number of sulfone groups is 1. The van der Waals surface area contributed by atoms with E-state index in [1.807, 2.05) is 31.2 Å². The van der Waals surface area contributed by atoms with Gasteiger partial charge in [0.15, 0.2) is 9.84 Å². The van der Waals surface area contributed by atoms with E-state index in [9.17, 15) is 13.2 Å². The standard InChI is InChI=1S/C16H18N4O3S/c1-11-3-2-4-13(7-11)20-16-17-8-12(9-18-16)15(21)19-14-5-6-24(22,23)10-14/h2-4,7-9,14H,5-6,10H2,1H3,(H,19,21)(H,17,18,20). The molecule has 2 heterocycles. The minimum absolute atomic E-state index is 0.00735. The summed E-state index contributed by atoms with van der Waals surface area (Å²) in [6.45, 7) is 1.99. The summed E-state index contributed by atoms with van der Waals surface area (Å²) in [6, 6.07) is 7.44. The van der Waals surface area contributed by atoms with Gasteiger partial charge in [0.05, 0.1) is 17.1 Å². The molecule has 8 heteroatoms. The molecule has 1 aromatic heterocycles. The van der Waals surface area contributed by atoms with Crippen molar-refractivity contribution in [3.8, 4) is 0 Å². The minimum atomic E-state index is -3.02. The van der Waals surface area contributed by atoms with E-state index in [0.717, 1.165) is 11.3 Å². The highest BCUT2D eigenvalue weighted by molar-refractivity contribution is 7.91. The zero-order valence-corrected chi connectivity index (χ0v) is 14.0. The maximum absolute atomic E-state index is 12.1. The molecule has 1 aromatic carbocycles. The molecule has 0 radical (unpaired) electrons. The summed E-state index contributed by atoms with van der Waals surface area (Å²) < 4.78 is 22.8. The molecule has 1 unspecified atom stereocenters. The predicted molar refractivity (Wildman–Crippen MR) is 91.0 cm³/mol. The summed E-state index contributed by atoms with van der Waals surface area (Å²) in [5.74, 6) is 0.139. The van der Waals surface area contributed by atoms with Gasteiger partial charge in [0.25, 0.3) is 5.91 Å². The number of aromatic nitrogens is 2. The first-order chi connectivity index (χ1) is 11.4.